The Bertz CT molecular complexity index is 335. The van der Waals surface area contributed by atoms with Crippen LogP contribution in [0.25, 0.3) is 0 Å². The molecule has 94 valence electrons. The van der Waals surface area contributed by atoms with E-state index in [0.29, 0.717) is 5.92 Å². The number of nitrogens with zero attached hydrogens (tertiary/aromatic N) is 1. The van der Waals surface area contributed by atoms with E-state index in [4.69, 9.17) is 5.11 Å². The lowest BCUT2D eigenvalue weighted by molar-refractivity contribution is -0.135. The molecule has 3 nitrogen and oxygen atoms in total. The zero-order chi connectivity index (χ0) is 12.7. The van der Waals surface area contributed by atoms with Crippen molar-refractivity contribution < 1.29 is 9.90 Å². The molecule has 0 saturated heterocycles. The van der Waals surface area contributed by atoms with Crippen LogP contribution in [0.3, 0.4) is 0 Å². The van der Waals surface area contributed by atoms with Crippen molar-refractivity contribution in [3.05, 3.63) is 30.3 Å². The van der Waals surface area contributed by atoms with Crippen LogP contribution in [-0.4, -0.2) is 24.2 Å². The Kier molecular flexibility index (Phi) is 5.53. The number of benzene rings is 1. The van der Waals surface area contributed by atoms with Gasteiger partial charge in [0.05, 0.1) is 0 Å². The minimum Gasteiger partial charge on any atom is -0.480 e. The second-order valence-electron chi connectivity index (χ2n) is 4.69. The molecule has 0 aromatic heterocycles. The van der Waals surface area contributed by atoms with Gasteiger partial charge in [0.1, 0.15) is 6.54 Å². The molecular weight excluding hydrogens is 214 g/mol. The third-order valence-electron chi connectivity index (χ3n) is 2.66. The Labute approximate surface area is 103 Å². The molecule has 0 spiro atoms. The molecule has 1 N–H and O–H groups in total. The summed E-state index contributed by atoms with van der Waals surface area (Å²) in [6, 6.07) is 9.73. The molecule has 0 saturated carbocycles. The van der Waals surface area contributed by atoms with Crippen LogP contribution in [0.1, 0.15) is 26.7 Å². The fraction of sp³-hybridized carbons (Fsp3) is 0.500. The predicted molar refractivity (Wildman–Crippen MR) is 70.4 cm³/mol. The molecule has 0 amide bonds. The highest BCUT2D eigenvalue weighted by Gasteiger charge is 2.10. The van der Waals surface area contributed by atoms with Crippen molar-refractivity contribution in [1.82, 2.24) is 0 Å². The summed E-state index contributed by atoms with van der Waals surface area (Å²) in [7, 11) is 0. The molecular formula is C14H21NO2. The summed E-state index contributed by atoms with van der Waals surface area (Å²) in [5.74, 6) is -0.115. The molecule has 0 aliphatic carbocycles. The van der Waals surface area contributed by atoms with Crippen molar-refractivity contribution in [3.8, 4) is 0 Å². The Balaban J connectivity index is 2.58. The van der Waals surface area contributed by atoms with Gasteiger partial charge in [-0.15, -0.1) is 0 Å². The summed E-state index contributed by atoms with van der Waals surface area (Å²) >= 11 is 0. The number of aliphatic carboxylic acids is 1. The number of carboxylic acids is 1. The van der Waals surface area contributed by atoms with Gasteiger partial charge < -0.3 is 10.0 Å². The van der Waals surface area contributed by atoms with Crippen molar-refractivity contribution in [2.75, 3.05) is 18.0 Å². The summed E-state index contributed by atoms with van der Waals surface area (Å²) in [5.41, 5.74) is 0.985. The van der Waals surface area contributed by atoms with E-state index in [1.54, 1.807) is 0 Å². The average molecular weight is 235 g/mol. The maximum atomic E-state index is 10.8. The van der Waals surface area contributed by atoms with Gasteiger partial charge in [-0.05, 0) is 30.9 Å². The molecule has 0 heterocycles. The van der Waals surface area contributed by atoms with E-state index in [0.717, 1.165) is 25.1 Å². The van der Waals surface area contributed by atoms with Crippen LogP contribution in [0.15, 0.2) is 30.3 Å². The van der Waals surface area contributed by atoms with E-state index >= 15 is 0 Å². The van der Waals surface area contributed by atoms with Gasteiger partial charge in [-0.3, -0.25) is 4.79 Å². The van der Waals surface area contributed by atoms with E-state index in [9.17, 15) is 4.79 Å². The molecule has 1 rings (SSSR count). The maximum absolute atomic E-state index is 10.8. The van der Waals surface area contributed by atoms with Crippen molar-refractivity contribution in [2.45, 2.75) is 26.7 Å². The van der Waals surface area contributed by atoms with Crippen molar-refractivity contribution >= 4 is 11.7 Å². The van der Waals surface area contributed by atoms with E-state index in [1.165, 1.54) is 0 Å². The molecule has 0 aliphatic rings. The SMILES string of the molecule is CC(C)CCCN(CC(=O)O)c1ccccc1. The second-order valence-corrected chi connectivity index (χ2v) is 4.69. The molecule has 1 aromatic rings. The molecule has 0 unspecified atom stereocenters. The smallest absolute Gasteiger partial charge is 0.323 e. The van der Waals surface area contributed by atoms with Gasteiger partial charge in [0.25, 0.3) is 0 Å². The first kappa shape index (κ1) is 13.6. The molecule has 3 heteroatoms. The van der Waals surface area contributed by atoms with Crippen LogP contribution in [-0.2, 0) is 4.79 Å². The summed E-state index contributed by atoms with van der Waals surface area (Å²) in [6.07, 6.45) is 2.16. The first-order chi connectivity index (χ1) is 8.09. The summed E-state index contributed by atoms with van der Waals surface area (Å²) in [6.45, 7) is 5.24. The summed E-state index contributed by atoms with van der Waals surface area (Å²) in [5, 5.41) is 8.91. The highest BCUT2D eigenvalue weighted by Crippen LogP contribution is 2.14. The van der Waals surface area contributed by atoms with Crippen molar-refractivity contribution in [2.24, 2.45) is 5.92 Å². The normalized spacial score (nSPS) is 10.5. The minimum absolute atomic E-state index is 0.0715. The van der Waals surface area contributed by atoms with E-state index in [-0.39, 0.29) is 6.54 Å². The molecule has 0 fully saturated rings. The number of hydrogen-bond acceptors (Lipinski definition) is 2. The number of carbonyl (C=O) groups is 1. The van der Waals surface area contributed by atoms with Crippen LogP contribution < -0.4 is 4.90 Å². The average Bonchev–Trinajstić information content (AvgIpc) is 2.28. The Morgan fingerprint density at radius 2 is 1.94 bits per heavy atom. The highest BCUT2D eigenvalue weighted by atomic mass is 16.4. The van der Waals surface area contributed by atoms with Crippen molar-refractivity contribution in [3.63, 3.8) is 0 Å². The lowest BCUT2D eigenvalue weighted by Crippen LogP contribution is -2.30. The molecule has 0 atom stereocenters. The van der Waals surface area contributed by atoms with Crippen molar-refractivity contribution in [1.29, 1.82) is 0 Å². The summed E-state index contributed by atoms with van der Waals surface area (Å²) in [4.78, 5) is 12.8. The van der Waals surface area contributed by atoms with E-state index in [2.05, 4.69) is 13.8 Å². The quantitative estimate of drug-likeness (QED) is 0.789. The number of para-hydroxylation sites is 1. The fourth-order valence-corrected chi connectivity index (χ4v) is 1.79. The molecule has 1 aromatic carbocycles. The Morgan fingerprint density at radius 1 is 1.29 bits per heavy atom. The predicted octanol–water partition coefficient (Wildman–Crippen LogP) is 3.01. The second kappa shape index (κ2) is 6.94. The Hall–Kier alpha value is -1.51. The van der Waals surface area contributed by atoms with E-state index in [1.807, 2.05) is 35.2 Å². The molecule has 0 radical (unpaired) electrons. The van der Waals surface area contributed by atoms with Gasteiger partial charge >= 0.3 is 5.97 Å². The van der Waals surface area contributed by atoms with Crippen LogP contribution >= 0.6 is 0 Å². The van der Waals surface area contributed by atoms with Crippen LogP contribution in [0.2, 0.25) is 0 Å². The molecule has 17 heavy (non-hydrogen) atoms. The van der Waals surface area contributed by atoms with E-state index < -0.39 is 5.97 Å². The first-order valence-electron chi connectivity index (χ1n) is 6.11. The largest absolute Gasteiger partial charge is 0.480 e. The molecule has 0 aliphatic heterocycles. The number of anilines is 1. The third kappa shape index (κ3) is 5.38. The lowest BCUT2D eigenvalue weighted by Gasteiger charge is -2.23. The van der Waals surface area contributed by atoms with Gasteiger partial charge in [0.2, 0.25) is 0 Å². The Morgan fingerprint density at radius 3 is 2.47 bits per heavy atom. The fourth-order valence-electron chi connectivity index (χ4n) is 1.79. The topological polar surface area (TPSA) is 40.5 Å². The van der Waals surface area contributed by atoms with Gasteiger partial charge in [0, 0.05) is 12.2 Å². The van der Waals surface area contributed by atoms with Gasteiger partial charge in [-0.25, -0.2) is 0 Å². The zero-order valence-electron chi connectivity index (χ0n) is 10.6. The van der Waals surface area contributed by atoms with Crippen LogP contribution in [0.5, 0.6) is 0 Å². The van der Waals surface area contributed by atoms with Crippen LogP contribution in [0, 0.1) is 5.92 Å². The summed E-state index contributed by atoms with van der Waals surface area (Å²) < 4.78 is 0. The van der Waals surface area contributed by atoms with Gasteiger partial charge in [-0.1, -0.05) is 32.0 Å². The first-order valence-corrected chi connectivity index (χ1v) is 6.11. The minimum atomic E-state index is -0.779. The van der Waals surface area contributed by atoms with Gasteiger partial charge in [-0.2, -0.15) is 0 Å². The maximum Gasteiger partial charge on any atom is 0.323 e. The molecule has 0 bridgehead atoms. The standard InChI is InChI=1S/C14H21NO2/c1-12(2)7-6-10-15(11-14(16)17)13-8-4-3-5-9-13/h3-5,8-9,12H,6-7,10-11H2,1-2H3,(H,16,17). The highest BCUT2D eigenvalue weighted by molar-refractivity contribution is 5.73. The monoisotopic (exact) mass is 235 g/mol. The lowest BCUT2D eigenvalue weighted by atomic mass is 10.1. The number of carboxylic acid groups (broad SMARTS) is 1. The zero-order valence-corrected chi connectivity index (χ0v) is 10.6. The van der Waals surface area contributed by atoms with Gasteiger partial charge in [0.15, 0.2) is 0 Å². The number of hydrogen-bond donors (Lipinski definition) is 1. The third-order valence-corrected chi connectivity index (χ3v) is 2.66. The van der Waals surface area contributed by atoms with Crippen LogP contribution in [0.4, 0.5) is 5.69 Å². The number of rotatable bonds is 7.